The van der Waals surface area contributed by atoms with Gasteiger partial charge in [0.1, 0.15) is 0 Å². The number of rotatable bonds is 7. The molecule has 126 valence electrons. The molecular formula is C15H21ClN4O3. The zero-order valence-corrected chi connectivity index (χ0v) is 13.5. The summed E-state index contributed by atoms with van der Waals surface area (Å²) in [7, 11) is 0. The number of nitrogens with zero attached hydrogens (tertiary/aromatic N) is 1. The fourth-order valence-corrected chi connectivity index (χ4v) is 2.22. The maximum Gasteiger partial charge on any atom is 0.324 e. The summed E-state index contributed by atoms with van der Waals surface area (Å²) in [4.78, 5) is 35.7. The second-order valence-corrected chi connectivity index (χ2v) is 5.14. The third kappa shape index (κ3) is 5.54. The minimum absolute atomic E-state index is 0. The van der Waals surface area contributed by atoms with Gasteiger partial charge in [0.05, 0.1) is 12.6 Å². The lowest BCUT2D eigenvalue weighted by Gasteiger charge is -2.14. The third-order valence-electron chi connectivity index (χ3n) is 3.43. The van der Waals surface area contributed by atoms with E-state index in [-0.39, 0.29) is 36.8 Å². The molecule has 4 N–H and O–H groups in total. The van der Waals surface area contributed by atoms with Crippen LogP contribution in [0.4, 0.5) is 4.79 Å². The van der Waals surface area contributed by atoms with Gasteiger partial charge in [-0.25, -0.2) is 4.79 Å². The zero-order valence-electron chi connectivity index (χ0n) is 12.7. The van der Waals surface area contributed by atoms with Gasteiger partial charge in [-0.05, 0) is 18.4 Å². The molecule has 0 radical (unpaired) electrons. The van der Waals surface area contributed by atoms with Crippen molar-refractivity contribution in [2.75, 3.05) is 19.6 Å². The first-order valence-electron chi connectivity index (χ1n) is 7.23. The van der Waals surface area contributed by atoms with Crippen molar-refractivity contribution in [1.29, 1.82) is 0 Å². The highest BCUT2D eigenvalue weighted by Gasteiger charge is 2.27. The molecule has 0 aromatic heterocycles. The topological polar surface area (TPSA) is 105 Å². The number of carbonyl (C=O) groups is 3. The van der Waals surface area contributed by atoms with Crippen molar-refractivity contribution in [2.24, 2.45) is 5.73 Å². The number of urea groups is 1. The van der Waals surface area contributed by atoms with Crippen LogP contribution in [0.3, 0.4) is 0 Å². The van der Waals surface area contributed by atoms with Gasteiger partial charge in [-0.2, -0.15) is 0 Å². The average molecular weight is 341 g/mol. The van der Waals surface area contributed by atoms with Crippen LogP contribution in [0, 0.1) is 0 Å². The number of nitrogens with one attached hydrogen (secondary N) is 2. The minimum atomic E-state index is -0.612. The smallest absolute Gasteiger partial charge is 0.324 e. The standard InChI is InChI=1S/C15H20N4O3.ClH/c16-12(9-11-5-2-1-3-6-11)14(21)17-7-4-8-19-13(20)10-18-15(19)22;/h1-3,5-6,12H,4,7-10,16H2,(H,17,21)(H,18,22);1H/t12-;/m0./s1. The normalized spacial score (nSPS) is 14.9. The van der Waals surface area contributed by atoms with Crippen molar-refractivity contribution < 1.29 is 14.4 Å². The lowest BCUT2D eigenvalue weighted by molar-refractivity contribution is -0.125. The first-order chi connectivity index (χ1) is 10.6. The Balaban J connectivity index is 0.00000264. The molecule has 1 fully saturated rings. The summed E-state index contributed by atoms with van der Waals surface area (Å²) in [6.45, 7) is 0.713. The Hall–Kier alpha value is -2.12. The third-order valence-corrected chi connectivity index (χ3v) is 3.43. The van der Waals surface area contributed by atoms with Gasteiger partial charge in [-0.1, -0.05) is 30.3 Å². The number of imide groups is 1. The lowest BCUT2D eigenvalue weighted by atomic mass is 10.1. The summed E-state index contributed by atoms with van der Waals surface area (Å²) < 4.78 is 0. The summed E-state index contributed by atoms with van der Waals surface area (Å²) in [5, 5.41) is 5.17. The van der Waals surface area contributed by atoms with Crippen LogP contribution >= 0.6 is 12.4 Å². The molecule has 1 aliphatic heterocycles. The molecule has 7 nitrogen and oxygen atoms in total. The molecule has 23 heavy (non-hydrogen) atoms. The summed E-state index contributed by atoms with van der Waals surface area (Å²) in [5.41, 5.74) is 6.86. The Morgan fingerprint density at radius 3 is 2.61 bits per heavy atom. The molecule has 0 spiro atoms. The van der Waals surface area contributed by atoms with Crippen LogP contribution in [-0.2, 0) is 16.0 Å². The van der Waals surface area contributed by atoms with E-state index >= 15 is 0 Å². The van der Waals surface area contributed by atoms with E-state index in [4.69, 9.17) is 5.73 Å². The molecule has 1 heterocycles. The number of hydrogen-bond acceptors (Lipinski definition) is 4. The van der Waals surface area contributed by atoms with Gasteiger partial charge in [-0.15, -0.1) is 12.4 Å². The molecule has 0 saturated carbocycles. The second-order valence-electron chi connectivity index (χ2n) is 5.14. The Bertz CT molecular complexity index is 537. The van der Waals surface area contributed by atoms with Gasteiger partial charge in [0, 0.05) is 13.1 Å². The Labute approximate surface area is 141 Å². The predicted octanol–water partition coefficient (Wildman–Crippen LogP) is 0.0363. The van der Waals surface area contributed by atoms with E-state index in [9.17, 15) is 14.4 Å². The van der Waals surface area contributed by atoms with Gasteiger partial charge in [0.2, 0.25) is 11.8 Å². The van der Waals surface area contributed by atoms with Gasteiger partial charge in [-0.3, -0.25) is 14.5 Å². The first-order valence-corrected chi connectivity index (χ1v) is 7.23. The van der Waals surface area contributed by atoms with Crippen molar-refractivity contribution in [3.8, 4) is 0 Å². The zero-order chi connectivity index (χ0) is 15.9. The molecule has 0 aliphatic carbocycles. The molecule has 4 amide bonds. The van der Waals surface area contributed by atoms with Crippen molar-refractivity contribution in [1.82, 2.24) is 15.5 Å². The van der Waals surface area contributed by atoms with Crippen molar-refractivity contribution >= 4 is 30.3 Å². The quantitative estimate of drug-likeness (QED) is 0.481. The minimum Gasteiger partial charge on any atom is -0.355 e. The van der Waals surface area contributed by atoms with Gasteiger partial charge in [0.15, 0.2) is 0 Å². The molecule has 1 saturated heterocycles. The number of benzene rings is 1. The predicted molar refractivity (Wildman–Crippen MR) is 88.1 cm³/mol. The number of halogens is 1. The SMILES string of the molecule is Cl.N[C@@H](Cc1ccccc1)C(=O)NCCCN1C(=O)CNC1=O. The summed E-state index contributed by atoms with van der Waals surface area (Å²) >= 11 is 0. The second kappa shape index (κ2) is 9.12. The van der Waals surface area contributed by atoms with Crippen molar-refractivity contribution in [2.45, 2.75) is 18.9 Å². The molecule has 1 aromatic rings. The number of hydrogen-bond donors (Lipinski definition) is 3. The summed E-state index contributed by atoms with van der Waals surface area (Å²) in [5.74, 6) is -0.474. The van der Waals surface area contributed by atoms with E-state index in [1.165, 1.54) is 0 Å². The van der Waals surface area contributed by atoms with E-state index in [0.717, 1.165) is 10.5 Å². The molecule has 8 heteroatoms. The highest BCUT2D eigenvalue weighted by Crippen LogP contribution is 2.02. The Kier molecular flexibility index (Phi) is 7.50. The molecule has 1 aliphatic rings. The maximum atomic E-state index is 11.9. The van der Waals surface area contributed by atoms with Crippen LogP contribution in [-0.4, -0.2) is 48.4 Å². The van der Waals surface area contributed by atoms with Gasteiger partial charge in [0.25, 0.3) is 0 Å². The van der Waals surface area contributed by atoms with E-state index in [0.29, 0.717) is 25.9 Å². The van der Waals surface area contributed by atoms with Crippen LogP contribution in [0.15, 0.2) is 30.3 Å². The fraction of sp³-hybridized carbons (Fsp3) is 0.400. The highest BCUT2D eigenvalue weighted by atomic mass is 35.5. The number of amides is 4. The van der Waals surface area contributed by atoms with E-state index < -0.39 is 6.04 Å². The largest absolute Gasteiger partial charge is 0.355 e. The van der Waals surface area contributed by atoms with Crippen LogP contribution in [0.2, 0.25) is 0 Å². The van der Waals surface area contributed by atoms with Gasteiger partial charge >= 0.3 is 6.03 Å². The summed E-state index contributed by atoms with van der Waals surface area (Å²) in [6, 6.07) is 8.56. The molecular weight excluding hydrogens is 320 g/mol. The van der Waals surface area contributed by atoms with Gasteiger partial charge < -0.3 is 16.4 Å². The molecule has 1 aromatic carbocycles. The first kappa shape index (κ1) is 18.9. The number of nitrogens with two attached hydrogens (primary N) is 1. The molecule has 2 rings (SSSR count). The van der Waals surface area contributed by atoms with Crippen molar-refractivity contribution in [3.63, 3.8) is 0 Å². The fourth-order valence-electron chi connectivity index (χ4n) is 2.22. The van der Waals surface area contributed by atoms with Crippen LogP contribution < -0.4 is 16.4 Å². The van der Waals surface area contributed by atoms with Crippen LogP contribution in [0.5, 0.6) is 0 Å². The molecule has 0 bridgehead atoms. The Morgan fingerprint density at radius 2 is 2.00 bits per heavy atom. The lowest BCUT2D eigenvalue weighted by Crippen LogP contribution is -2.43. The highest BCUT2D eigenvalue weighted by molar-refractivity contribution is 6.01. The van der Waals surface area contributed by atoms with E-state index in [1.807, 2.05) is 30.3 Å². The van der Waals surface area contributed by atoms with E-state index in [2.05, 4.69) is 10.6 Å². The molecule has 0 unspecified atom stereocenters. The van der Waals surface area contributed by atoms with Crippen LogP contribution in [0.1, 0.15) is 12.0 Å². The monoisotopic (exact) mass is 340 g/mol. The maximum absolute atomic E-state index is 11.9. The molecule has 1 atom stereocenters. The number of carbonyl (C=O) groups excluding carboxylic acids is 3. The van der Waals surface area contributed by atoms with E-state index in [1.54, 1.807) is 0 Å². The summed E-state index contributed by atoms with van der Waals surface area (Å²) in [6.07, 6.45) is 0.975. The van der Waals surface area contributed by atoms with Crippen LogP contribution in [0.25, 0.3) is 0 Å². The van der Waals surface area contributed by atoms with Crippen molar-refractivity contribution in [3.05, 3.63) is 35.9 Å². The Morgan fingerprint density at radius 1 is 1.30 bits per heavy atom. The average Bonchev–Trinajstić information content (AvgIpc) is 2.83.